The molecule has 0 spiro atoms. The van der Waals surface area contributed by atoms with Gasteiger partial charge in [-0.3, -0.25) is 10.3 Å². The first-order valence-electron chi connectivity index (χ1n) is 10.8. The summed E-state index contributed by atoms with van der Waals surface area (Å²) in [6.07, 6.45) is 7.09. The van der Waals surface area contributed by atoms with Gasteiger partial charge >= 0.3 is 0 Å². The molecule has 0 aromatic heterocycles. The summed E-state index contributed by atoms with van der Waals surface area (Å²) < 4.78 is 0. The molecule has 0 bridgehead atoms. The van der Waals surface area contributed by atoms with Gasteiger partial charge in [-0.2, -0.15) is 0 Å². The van der Waals surface area contributed by atoms with Crippen molar-refractivity contribution < 1.29 is 0 Å². The molecule has 1 aliphatic carbocycles. The van der Waals surface area contributed by atoms with Crippen LogP contribution in [-0.2, 0) is 6.54 Å². The van der Waals surface area contributed by atoms with Crippen LogP contribution >= 0.6 is 11.8 Å². The second-order valence-corrected chi connectivity index (χ2v) is 9.68. The van der Waals surface area contributed by atoms with Crippen molar-refractivity contribution in [2.75, 3.05) is 13.1 Å². The summed E-state index contributed by atoms with van der Waals surface area (Å²) in [6, 6.07) is 11.3. The number of nitrogens with zero attached hydrogens (tertiary/aromatic N) is 2. The van der Waals surface area contributed by atoms with Gasteiger partial charge in [0.25, 0.3) is 0 Å². The zero-order chi connectivity index (χ0) is 20.2. The Morgan fingerprint density at radius 1 is 1.24 bits per heavy atom. The number of benzene rings is 1. The fraction of sp³-hybridized carbons (Fsp3) is 0.500. The van der Waals surface area contributed by atoms with Crippen molar-refractivity contribution in [3.63, 3.8) is 0 Å². The molecule has 5 heteroatoms. The molecule has 154 valence electrons. The summed E-state index contributed by atoms with van der Waals surface area (Å²) in [7, 11) is 0. The van der Waals surface area contributed by atoms with E-state index in [0.29, 0.717) is 6.04 Å². The van der Waals surface area contributed by atoms with Crippen molar-refractivity contribution in [2.24, 2.45) is 10.9 Å². The van der Waals surface area contributed by atoms with Crippen LogP contribution < -0.4 is 5.32 Å². The van der Waals surface area contributed by atoms with E-state index < -0.39 is 0 Å². The molecular formula is C24H32N4S. The number of hydrogen-bond donors (Lipinski definition) is 2. The topological polar surface area (TPSA) is 51.5 Å². The SMILES string of the molecule is C/C(NC1CCN(Cc2ccccc2)CC1)=C1/C2=C(CC(C)CC2)S/C1=N/C=N. The van der Waals surface area contributed by atoms with Crippen LogP contribution in [0.5, 0.6) is 0 Å². The lowest BCUT2D eigenvalue weighted by Gasteiger charge is -2.33. The smallest absolute Gasteiger partial charge is 0.112 e. The molecule has 1 unspecified atom stereocenters. The number of piperidine rings is 1. The highest BCUT2D eigenvalue weighted by molar-refractivity contribution is 8.18. The minimum atomic E-state index is 0.521. The van der Waals surface area contributed by atoms with Gasteiger partial charge in [-0.15, -0.1) is 0 Å². The standard InChI is InChI=1S/C24H32N4S/c1-17-8-9-21-22(14-17)29-24(26-16-25)23(21)18(2)27-20-10-12-28(13-11-20)15-19-6-4-3-5-7-19/h3-7,16-17,20,25,27H,8-15H2,1-2H3/b23-18+,25-16?,26-24+. The third kappa shape index (κ3) is 4.84. The van der Waals surface area contributed by atoms with Gasteiger partial charge in [-0.1, -0.05) is 49.0 Å². The van der Waals surface area contributed by atoms with Crippen molar-refractivity contribution in [2.45, 2.75) is 58.5 Å². The Kier molecular flexibility index (Phi) is 6.56. The maximum atomic E-state index is 7.47. The summed E-state index contributed by atoms with van der Waals surface area (Å²) in [6.45, 7) is 7.87. The average Bonchev–Trinajstić information content (AvgIpc) is 3.07. The second-order valence-electron chi connectivity index (χ2n) is 8.60. The lowest BCUT2D eigenvalue weighted by molar-refractivity contribution is 0.195. The summed E-state index contributed by atoms with van der Waals surface area (Å²) in [5, 5.41) is 12.3. The molecule has 3 aliphatic rings. The molecule has 0 saturated carbocycles. The predicted molar refractivity (Wildman–Crippen MR) is 124 cm³/mol. The highest BCUT2D eigenvalue weighted by Crippen LogP contribution is 2.48. The molecule has 29 heavy (non-hydrogen) atoms. The molecule has 0 amide bonds. The van der Waals surface area contributed by atoms with Crippen molar-refractivity contribution in [3.8, 4) is 0 Å². The Bertz CT molecular complexity index is 832. The number of likely N-dealkylation sites (tertiary alicyclic amines) is 1. The Labute approximate surface area is 179 Å². The van der Waals surface area contributed by atoms with Gasteiger partial charge in [0.2, 0.25) is 0 Å². The lowest BCUT2D eigenvalue weighted by Crippen LogP contribution is -2.41. The fourth-order valence-corrected chi connectivity index (χ4v) is 6.14. The van der Waals surface area contributed by atoms with E-state index in [1.165, 1.54) is 52.9 Å². The largest absolute Gasteiger partial charge is 0.385 e. The summed E-state index contributed by atoms with van der Waals surface area (Å²) >= 11 is 1.80. The average molecular weight is 409 g/mol. The van der Waals surface area contributed by atoms with Gasteiger partial charge in [-0.05, 0) is 61.0 Å². The van der Waals surface area contributed by atoms with Crippen LogP contribution in [0.1, 0.15) is 51.5 Å². The molecule has 1 fully saturated rings. The predicted octanol–water partition coefficient (Wildman–Crippen LogP) is 5.34. The van der Waals surface area contributed by atoms with Crippen LogP contribution in [0.4, 0.5) is 0 Å². The summed E-state index contributed by atoms with van der Waals surface area (Å²) in [4.78, 5) is 8.45. The normalized spacial score (nSPS) is 26.6. The Balaban J connectivity index is 1.41. The third-order valence-electron chi connectivity index (χ3n) is 6.31. The number of nitrogens with one attached hydrogen (secondary N) is 2. The molecule has 1 saturated heterocycles. The van der Waals surface area contributed by atoms with Crippen LogP contribution in [-0.4, -0.2) is 35.4 Å². The van der Waals surface area contributed by atoms with E-state index in [-0.39, 0.29) is 0 Å². The first-order valence-corrected chi connectivity index (χ1v) is 11.7. The molecule has 2 aliphatic heterocycles. The zero-order valence-electron chi connectivity index (χ0n) is 17.6. The quantitative estimate of drug-likeness (QED) is 0.511. The van der Waals surface area contributed by atoms with Gasteiger partial charge in [0, 0.05) is 36.9 Å². The van der Waals surface area contributed by atoms with Crippen molar-refractivity contribution >= 4 is 23.1 Å². The van der Waals surface area contributed by atoms with Crippen molar-refractivity contribution in [3.05, 3.63) is 57.6 Å². The number of rotatable bonds is 5. The molecule has 1 aromatic rings. The van der Waals surface area contributed by atoms with E-state index in [1.807, 2.05) is 0 Å². The summed E-state index contributed by atoms with van der Waals surface area (Å²) in [5.41, 5.74) is 5.42. The minimum absolute atomic E-state index is 0.521. The first kappa shape index (κ1) is 20.4. The maximum absolute atomic E-state index is 7.47. The van der Waals surface area contributed by atoms with Gasteiger partial charge in [0.15, 0.2) is 0 Å². The fourth-order valence-electron chi connectivity index (χ4n) is 4.73. The second kappa shape index (κ2) is 9.31. The van der Waals surface area contributed by atoms with Crippen LogP contribution in [0.15, 0.2) is 57.1 Å². The van der Waals surface area contributed by atoms with E-state index in [4.69, 9.17) is 5.41 Å². The van der Waals surface area contributed by atoms with Gasteiger partial charge in [0.1, 0.15) is 11.4 Å². The molecule has 0 radical (unpaired) electrons. The van der Waals surface area contributed by atoms with Crippen molar-refractivity contribution in [1.29, 1.82) is 5.41 Å². The van der Waals surface area contributed by atoms with E-state index in [9.17, 15) is 0 Å². The van der Waals surface area contributed by atoms with E-state index in [1.54, 1.807) is 11.8 Å². The van der Waals surface area contributed by atoms with Gasteiger partial charge in [0.05, 0.1) is 0 Å². The van der Waals surface area contributed by atoms with Gasteiger partial charge < -0.3 is 5.32 Å². The van der Waals surface area contributed by atoms with Crippen LogP contribution in [0.25, 0.3) is 0 Å². The molecule has 4 nitrogen and oxygen atoms in total. The number of aliphatic imine (C=N–C) groups is 1. The minimum Gasteiger partial charge on any atom is -0.385 e. The molecule has 1 atom stereocenters. The third-order valence-corrected chi connectivity index (χ3v) is 7.47. The molecular weight excluding hydrogens is 376 g/mol. The number of thioether (sulfide) groups is 1. The van der Waals surface area contributed by atoms with Crippen molar-refractivity contribution in [1.82, 2.24) is 10.2 Å². The van der Waals surface area contributed by atoms with Crippen LogP contribution in [0.2, 0.25) is 0 Å². The zero-order valence-corrected chi connectivity index (χ0v) is 18.4. The molecule has 1 aromatic carbocycles. The molecule has 2 N–H and O–H groups in total. The monoisotopic (exact) mass is 408 g/mol. The van der Waals surface area contributed by atoms with Gasteiger partial charge in [-0.25, -0.2) is 4.99 Å². The number of allylic oxidation sites excluding steroid dienone is 3. The highest BCUT2D eigenvalue weighted by Gasteiger charge is 2.32. The Morgan fingerprint density at radius 3 is 2.72 bits per heavy atom. The Hall–Kier alpha value is -1.85. The molecule has 2 heterocycles. The van der Waals surface area contributed by atoms with E-state index >= 15 is 0 Å². The van der Waals surface area contributed by atoms with Crippen LogP contribution in [0.3, 0.4) is 0 Å². The van der Waals surface area contributed by atoms with Crippen LogP contribution in [0, 0.1) is 11.3 Å². The first-order chi connectivity index (χ1) is 14.1. The molecule has 4 rings (SSSR count). The maximum Gasteiger partial charge on any atom is 0.112 e. The van der Waals surface area contributed by atoms with E-state index in [0.717, 1.165) is 43.4 Å². The Morgan fingerprint density at radius 2 is 2.00 bits per heavy atom. The number of hydrogen-bond acceptors (Lipinski definition) is 4. The lowest BCUT2D eigenvalue weighted by atomic mass is 9.87. The highest BCUT2D eigenvalue weighted by atomic mass is 32.2. The summed E-state index contributed by atoms with van der Waals surface area (Å²) in [5.74, 6) is 0.754. The van der Waals surface area contributed by atoms with E-state index in [2.05, 4.69) is 59.4 Å².